The van der Waals surface area contributed by atoms with Crippen molar-refractivity contribution in [2.24, 2.45) is 5.92 Å². The largest absolute Gasteiger partial charge is 0.375 e. The van der Waals surface area contributed by atoms with E-state index in [2.05, 4.69) is 38.7 Å². The molecule has 2 aliphatic heterocycles. The van der Waals surface area contributed by atoms with Gasteiger partial charge < -0.3 is 19.3 Å². The Morgan fingerprint density at radius 2 is 2.06 bits per heavy atom. The summed E-state index contributed by atoms with van der Waals surface area (Å²) in [6.45, 7) is 11.0. The maximum atomic E-state index is 12.6. The van der Waals surface area contributed by atoms with Crippen molar-refractivity contribution in [3.8, 4) is 6.07 Å². The molecule has 4 rings (SSSR count). The van der Waals surface area contributed by atoms with Crippen LogP contribution in [0.5, 0.6) is 0 Å². The van der Waals surface area contributed by atoms with Gasteiger partial charge in [0.05, 0.1) is 29.5 Å². The zero-order chi connectivity index (χ0) is 22.3. The third-order valence-electron chi connectivity index (χ3n) is 6.79. The molecule has 1 saturated carbocycles. The van der Waals surface area contributed by atoms with Crippen molar-refractivity contribution in [2.75, 3.05) is 38.3 Å². The molecule has 1 amide bonds. The first-order valence-electron chi connectivity index (χ1n) is 11.4. The van der Waals surface area contributed by atoms with Crippen LogP contribution in [0.4, 0.5) is 5.82 Å². The molecule has 1 saturated heterocycles. The van der Waals surface area contributed by atoms with Crippen molar-refractivity contribution in [1.82, 2.24) is 9.88 Å². The monoisotopic (exact) mass is 426 g/mol. The van der Waals surface area contributed by atoms with Crippen LogP contribution in [0.15, 0.2) is 0 Å². The number of hydrogen-bond donors (Lipinski definition) is 0. The van der Waals surface area contributed by atoms with Crippen LogP contribution in [0.2, 0.25) is 0 Å². The fraction of sp³-hybridized carbons (Fsp3) is 0.708. The molecule has 0 N–H and O–H groups in total. The molecular weight excluding hydrogens is 392 g/mol. The summed E-state index contributed by atoms with van der Waals surface area (Å²) in [6.07, 6.45) is 3.03. The number of carbonyl (C=O) groups excluding carboxylic acids is 1. The number of fused-ring (bicyclic) bond motifs is 1. The van der Waals surface area contributed by atoms with Crippen molar-refractivity contribution >= 4 is 11.7 Å². The zero-order valence-electron chi connectivity index (χ0n) is 19.4. The summed E-state index contributed by atoms with van der Waals surface area (Å²) >= 11 is 0. The van der Waals surface area contributed by atoms with Crippen LogP contribution in [0.3, 0.4) is 0 Å². The predicted molar refractivity (Wildman–Crippen MR) is 118 cm³/mol. The Morgan fingerprint density at radius 1 is 1.32 bits per heavy atom. The standard InChI is InChI=1S/C24H34N4O3/c1-15(2)20-12-27(8-9-28(20)21(29)14-30-5)23-18(11-25)17-10-24(3,4)31-13-19(17)22(26-23)16-6-7-16/h15-16,20H,6-10,12-14H2,1-5H3. The zero-order valence-corrected chi connectivity index (χ0v) is 19.4. The fourth-order valence-electron chi connectivity index (χ4n) is 4.91. The first-order chi connectivity index (χ1) is 14.8. The smallest absolute Gasteiger partial charge is 0.248 e. The summed E-state index contributed by atoms with van der Waals surface area (Å²) in [4.78, 5) is 21.8. The van der Waals surface area contributed by atoms with E-state index in [4.69, 9.17) is 14.5 Å². The molecule has 7 nitrogen and oxygen atoms in total. The summed E-state index contributed by atoms with van der Waals surface area (Å²) in [5, 5.41) is 10.2. The van der Waals surface area contributed by atoms with Crippen LogP contribution in [-0.4, -0.2) is 60.8 Å². The molecule has 31 heavy (non-hydrogen) atoms. The van der Waals surface area contributed by atoms with Gasteiger partial charge in [-0.3, -0.25) is 4.79 Å². The highest BCUT2D eigenvalue weighted by Crippen LogP contribution is 2.45. The third kappa shape index (κ3) is 4.28. The number of hydrogen-bond acceptors (Lipinski definition) is 6. The minimum atomic E-state index is -0.288. The molecule has 7 heteroatoms. The fourth-order valence-corrected chi connectivity index (χ4v) is 4.91. The summed E-state index contributed by atoms with van der Waals surface area (Å²) in [6, 6.07) is 2.54. The number of ether oxygens (including phenoxy) is 2. The van der Waals surface area contributed by atoms with Crippen LogP contribution in [0.25, 0.3) is 0 Å². The number of methoxy groups -OCH3 is 1. The number of nitrogens with zero attached hydrogens (tertiary/aromatic N) is 4. The van der Waals surface area contributed by atoms with Crippen molar-refractivity contribution in [2.45, 2.75) is 71.1 Å². The van der Waals surface area contributed by atoms with E-state index in [9.17, 15) is 10.1 Å². The van der Waals surface area contributed by atoms with E-state index in [0.29, 0.717) is 43.6 Å². The average molecular weight is 427 g/mol. The topological polar surface area (TPSA) is 78.7 Å². The van der Waals surface area contributed by atoms with E-state index in [0.717, 1.165) is 41.9 Å². The van der Waals surface area contributed by atoms with Gasteiger partial charge in [0.15, 0.2) is 0 Å². The van der Waals surface area contributed by atoms with Gasteiger partial charge in [-0.2, -0.15) is 5.26 Å². The molecule has 3 aliphatic rings. The van der Waals surface area contributed by atoms with Crippen molar-refractivity contribution in [3.63, 3.8) is 0 Å². The minimum Gasteiger partial charge on any atom is -0.375 e. The number of pyridine rings is 1. The van der Waals surface area contributed by atoms with Gasteiger partial charge in [-0.1, -0.05) is 13.8 Å². The highest BCUT2D eigenvalue weighted by atomic mass is 16.5. The van der Waals surface area contributed by atoms with Gasteiger partial charge >= 0.3 is 0 Å². The van der Waals surface area contributed by atoms with Crippen molar-refractivity contribution < 1.29 is 14.3 Å². The van der Waals surface area contributed by atoms with Crippen molar-refractivity contribution in [1.29, 1.82) is 5.26 Å². The van der Waals surface area contributed by atoms with Gasteiger partial charge in [0, 0.05) is 44.6 Å². The molecule has 0 spiro atoms. The molecule has 1 aromatic rings. The number of aromatic nitrogens is 1. The SMILES string of the molecule is COCC(=O)N1CCN(c2nc(C3CC3)c3c(c2C#N)CC(C)(C)OC3)CC1C(C)C. The number of nitriles is 1. The Kier molecular flexibility index (Phi) is 5.97. The lowest BCUT2D eigenvalue weighted by Crippen LogP contribution is -2.58. The molecule has 0 bridgehead atoms. The Balaban J connectivity index is 1.72. The Bertz CT molecular complexity index is 901. The molecule has 1 aromatic heterocycles. The number of amides is 1. The van der Waals surface area contributed by atoms with Gasteiger partial charge in [-0.15, -0.1) is 0 Å². The molecule has 3 heterocycles. The van der Waals surface area contributed by atoms with E-state index in [-0.39, 0.29) is 24.2 Å². The highest BCUT2D eigenvalue weighted by Gasteiger charge is 2.39. The molecule has 1 atom stereocenters. The van der Waals surface area contributed by atoms with Gasteiger partial charge in [-0.25, -0.2) is 4.98 Å². The van der Waals surface area contributed by atoms with E-state index in [1.165, 1.54) is 0 Å². The number of rotatable bonds is 5. The van der Waals surface area contributed by atoms with Gasteiger partial charge in [0.2, 0.25) is 5.91 Å². The normalized spacial score (nSPS) is 22.9. The lowest BCUT2D eigenvalue weighted by Gasteiger charge is -2.44. The molecular formula is C24H34N4O3. The summed E-state index contributed by atoms with van der Waals surface area (Å²) in [7, 11) is 1.55. The Hall–Kier alpha value is -2.17. The van der Waals surface area contributed by atoms with E-state index >= 15 is 0 Å². The van der Waals surface area contributed by atoms with E-state index in [1.54, 1.807) is 7.11 Å². The van der Waals surface area contributed by atoms with Crippen LogP contribution in [0.1, 0.15) is 68.8 Å². The number of anilines is 1. The first-order valence-corrected chi connectivity index (χ1v) is 11.4. The van der Waals surface area contributed by atoms with E-state index < -0.39 is 0 Å². The second-order valence-corrected chi connectivity index (χ2v) is 10.0. The van der Waals surface area contributed by atoms with Crippen molar-refractivity contribution in [3.05, 3.63) is 22.4 Å². The average Bonchev–Trinajstić information content (AvgIpc) is 3.56. The van der Waals surface area contributed by atoms with Crippen LogP contribution in [0, 0.1) is 17.2 Å². The third-order valence-corrected chi connectivity index (χ3v) is 6.79. The van der Waals surface area contributed by atoms with Gasteiger partial charge in [0.1, 0.15) is 18.5 Å². The lowest BCUT2D eigenvalue weighted by molar-refractivity contribution is -0.139. The quantitative estimate of drug-likeness (QED) is 0.720. The van der Waals surface area contributed by atoms with Crippen LogP contribution in [-0.2, 0) is 27.3 Å². The molecule has 1 unspecified atom stereocenters. The molecule has 0 radical (unpaired) electrons. The maximum Gasteiger partial charge on any atom is 0.248 e. The summed E-state index contributed by atoms with van der Waals surface area (Å²) < 4.78 is 11.2. The molecule has 2 fully saturated rings. The number of carbonyl (C=O) groups is 1. The molecule has 0 aromatic carbocycles. The molecule has 168 valence electrons. The van der Waals surface area contributed by atoms with Crippen LogP contribution >= 0.6 is 0 Å². The highest BCUT2D eigenvalue weighted by molar-refractivity contribution is 5.78. The van der Waals surface area contributed by atoms with Gasteiger partial charge in [0.25, 0.3) is 0 Å². The molecule has 1 aliphatic carbocycles. The van der Waals surface area contributed by atoms with Crippen LogP contribution < -0.4 is 4.90 Å². The lowest BCUT2D eigenvalue weighted by atomic mass is 9.87. The summed E-state index contributed by atoms with van der Waals surface area (Å²) in [5.74, 6) is 1.60. The second-order valence-electron chi connectivity index (χ2n) is 10.0. The van der Waals surface area contributed by atoms with Gasteiger partial charge in [-0.05, 0) is 38.2 Å². The van der Waals surface area contributed by atoms with E-state index in [1.807, 2.05) is 4.90 Å². The Labute approximate surface area is 185 Å². The minimum absolute atomic E-state index is 0.0253. The second kappa shape index (κ2) is 8.40. The first kappa shape index (κ1) is 22.0. The Morgan fingerprint density at radius 3 is 2.68 bits per heavy atom. The summed E-state index contributed by atoms with van der Waals surface area (Å²) in [5.41, 5.74) is 3.78. The predicted octanol–water partition coefficient (Wildman–Crippen LogP) is 3.00. The maximum absolute atomic E-state index is 12.6. The number of piperazine rings is 1.